The molecular weight excluding hydrogens is 372 g/mol. The molecule has 1 amide bonds. The van der Waals surface area contributed by atoms with Gasteiger partial charge in [0, 0.05) is 10.0 Å². The second-order valence-electron chi connectivity index (χ2n) is 5.25. The minimum absolute atomic E-state index is 0.0556. The number of benzene rings is 2. The van der Waals surface area contributed by atoms with E-state index in [4.69, 9.17) is 9.47 Å². The highest BCUT2D eigenvalue weighted by Crippen LogP contribution is 2.23. The molecule has 5 nitrogen and oxygen atoms in total. The van der Waals surface area contributed by atoms with Crippen LogP contribution in [0.15, 0.2) is 52.0 Å². The van der Waals surface area contributed by atoms with Crippen LogP contribution in [-0.2, 0) is 0 Å². The Balaban J connectivity index is 2.12. The van der Waals surface area contributed by atoms with Gasteiger partial charge >= 0.3 is 0 Å². The lowest BCUT2D eigenvalue weighted by atomic mass is 10.2. The van der Waals surface area contributed by atoms with Crippen LogP contribution < -0.4 is 14.9 Å². The molecule has 0 spiro atoms. The molecule has 1 N–H and O–H groups in total. The van der Waals surface area contributed by atoms with Gasteiger partial charge in [-0.3, -0.25) is 4.79 Å². The molecule has 0 aliphatic carbocycles. The molecule has 126 valence electrons. The standard InChI is InChI=1S/C18H19BrN2O3/c1-12(2)24-16-7-5-4-6-13(16)11-20-21-18(22)15-10-14(19)8-9-17(15)23-3/h4-12H,1-3H3,(H,21,22)/b20-11-. The van der Waals surface area contributed by atoms with E-state index in [-0.39, 0.29) is 12.0 Å². The van der Waals surface area contributed by atoms with Crippen molar-refractivity contribution in [1.29, 1.82) is 0 Å². The van der Waals surface area contributed by atoms with E-state index in [1.54, 1.807) is 24.4 Å². The summed E-state index contributed by atoms with van der Waals surface area (Å²) in [6, 6.07) is 12.7. The zero-order valence-electron chi connectivity index (χ0n) is 13.7. The maximum atomic E-state index is 12.3. The molecule has 0 radical (unpaired) electrons. The summed E-state index contributed by atoms with van der Waals surface area (Å²) in [4.78, 5) is 12.3. The van der Waals surface area contributed by atoms with E-state index in [0.717, 1.165) is 10.0 Å². The van der Waals surface area contributed by atoms with Crippen LogP contribution >= 0.6 is 15.9 Å². The van der Waals surface area contributed by atoms with Gasteiger partial charge in [-0.2, -0.15) is 5.10 Å². The lowest BCUT2D eigenvalue weighted by molar-refractivity contribution is 0.0952. The van der Waals surface area contributed by atoms with Crippen molar-refractivity contribution in [2.24, 2.45) is 5.10 Å². The highest BCUT2D eigenvalue weighted by atomic mass is 79.9. The van der Waals surface area contributed by atoms with Crippen molar-refractivity contribution >= 4 is 28.1 Å². The summed E-state index contributed by atoms with van der Waals surface area (Å²) in [5.74, 6) is 0.839. The molecule has 0 fully saturated rings. The average Bonchev–Trinajstić information content (AvgIpc) is 2.55. The monoisotopic (exact) mass is 390 g/mol. The molecule has 0 heterocycles. The van der Waals surface area contributed by atoms with Gasteiger partial charge in [-0.15, -0.1) is 0 Å². The number of hydrazone groups is 1. The van der Waals surface area contributed by atoms with Gasteiger partial charge in [0.1, 0.15) is 11.5 Å². The van der Waals surface area contributed by atoms with E-state index < -0.39 is 0 Å². The molecule has 0 aromatic heterocycles. The van der Waals surface area contributed by atoms with Gasteiger partial charge in [0.15, 0.2) is 0 Å². The quantitative estimate of drug-likeness (QED) is 0.598. The topological polar surface area (TPSA) is 59.9 Å². The van der Waals surface area contributed by atoms with Crippen LogP contribution in [0.4, 0.5) is 0 Å². The zero-order valence-corrected chi connectivity index (χ0v) is 15.3. The van der Waals surface area contributed by atoms with Crippen LogP contribution in [0.3, 0.4) is 0 Å². The number of hydrogen-bond acceptors (Lipinski definition) is 4. The third kappa shape index (κ3) is 4.83. The Morgan fingerprint density at radius 1 is 1.21 bits per heavy atom. The zero-order chi connectivity index (χ0) is 17.5. The number of nitrogens with zero attached hydrogens (tertiary/aromatic N) is 1. The van der Waals surface area contributed by atoms with Gasteiger partial charge in [0.25, 0.3) is 5.91 Å². The minimum Gasteiger partial charge on any atom is -0.496 e. The Labute approximate surface area is 149 Å². The van der Waals surface area contributed by atoms with Crippen LogP contribution in [0.1, 0.15) is 29.8 Å². The number of halogens is 1. The molecule has 0 atom stereocenters. The number of rotatable bonds is 6. The maximum absolute atomic E-state index is 12.3. The normalized spacial score (nSPS) is 10.9. The van der Waals surface area contributed by atoms with E-state index in [1.807, 2.05) is 38.1 Å². The van der Waals surface area contributed by atoms with Crippen LogP contribution in [0, 0.1) is 0 Å². The Kier molecular flexibility index (Phi) is 6.37. The van der Waals surface area contributed by atoms with Crippen molar-refractivity contribution in [2.45, 2.75) is 20.0 Å². The molecule has 0 aliphatic rings. The first-order valence-corrected chi connectivity index (χ1v) is 8.23. The summed E-state index contributed by atoms with van der Waals surface area (Å²) in [7, 11) is 1.52. The first kappa shape index (κ1) is 18.0. The largest absolute Gasteiger partial charge is 0.496 e. The van der Waals surface area contributed by atoms with Gasteiger partial charge in [-0.05, 0) is 44.2 Å². The van der Waals surface area contributed by atoms with Crippen molar-refractivity contribution in [3.05, 3.63) is 58.1 Å². The summed E-state index contributed by atoms with van der Waals surface area (Å²) in [6.07, 6.45) is 1.61. The molecule has 2 aromatic carbocycles. The summed E-state index contributed by atoms with van der Waals surface area (Å²) in [6.45, 7) is 3.91. The molecule has 0 bridgehead atoms. The molecule has 0 unspecified atom stereocenters. The van der Waals surface area contributed by atoms with Crippen molar-refractivity contribution in [3.8, 4) is 11.5 Å². The summed E-state index contributed by atoms with van der Waals surface area (Å²) >= 11 is 3.34. The summed E-state index contributed by atoms with van der Waals surface area (Å²) in [5, 5.41) is 4.02. The highest BCUT2D eigenvalue weighted by Gasteiger charge is 2.12. The van der Waals surface area contributed by atoms with E-state index in [1.165, 1.54) is 7.11 Å². The predicted molar refractivity (Wildman–Crippen MR) is 98.0 cm³/mol. The Morgan fingerprint density at radius 3 is 2.67 bits per heavy atom. The number of amides is 1. The van der Waals surface area contributed by atoms with E-state index in [9.17, 15) is 4.79 Å². The first-order chi connectivity index (χ1) is 11.5. The molecule has 6 heteroatoms. The van der Waals surface area contributed by atoms with Gasteiger partial charge < -0.3 is 9.47 Å². The van der Waals surface area contributed by atoms with Crippen molar-refractivity contribution in [2.75, 3.05) is 7.11 Å². The van der Waals surface area contributed by atoms with Gasteiger partial charge in [0.2, 0.25) is 0 Å². The Morgan fingerprint density at radius 2 is 1.96 bits per heavy atom. The van der Waals surface area contributed by atoms with Crippen LogP contribution in [0.2, 0.25) is 0 Å². The Bertz CT molecular complexity index is 745. The average molecular weight is 391 g/mol. The number of carbonyl (C=O) groups is 1. The SMILES string of the molecule is COc1ccc(Br)cc1C(=O)N/N=C\c1ccccc1OC(C)C. The van der Waals surface area contributed by atoms with Crippen molar-refractivity contribution in [1.82, 2.24) is 5.43 Å². The molecule has 2 aromatic rings. The summed E-state index contributed by atoms with van der Waals surface area (Å²) in [5.41, 5.74) is 3.69. The summed E-state index contributed by atoms with van der Waals surface area (Å²) < 4.78 is 11.7. The maximum Gasteiger partial charge on any atom is 0.275 e. The van der Waals surface area contributed by atoms with Crippen molar-refractivity contribution in [3.63, 3.8) is 0 Å². The molecule has 0 aliphatic heterocycles. The smallest absolute Gasteiger partial charge is 0.275 e. The van der Waals surface area contributed by atoms with E-state index in [2.05, 4.69) is 26.5 Å². The number of carbonyl (C=O) groups excluding carboxylic acids is 1. The van der Waals surface area contributed by atoms with Gasteiger partial charge in [0.05, 0.1) is 25.0 Å². The highest BCUT2D eigenvalue weighted by molar-refractivity contribution is 9.10. The fourth-order valence-corrected chi connectivity index (χ4v) is 2.39. The van der Waals surface area contributed by atoms with E-state index in [0.29, 0.717) is 17.1 Å². The lowest BCUT2D eigenvalue weighted by Crippen LogP contribution is -2.18. The number of nitrogens with one attached hydrogen (secondary N) is 1. The molecule has 0 saturated carbocycles. The number of methoxy groups -OCH3 is 1. The fraction of sp³-hybridized carbons (Fsp3) is 0.222. The Hall–Kier alpha value is -2.34. The fourth-order valence-electron chi connectivity index (χ4n) is 2.03. The number of ether oxygens (including phenoxy) is 2. The third-order valence-electron chi connectivity index (χ3n) is 3.06. The molecule has 2 rings (SSSR count). The number of para-hydroxylation sites is 1. The minimum atomic E-state index is -0.355. The number of hydrogen-bond donors (Lipinski definition) is 1. The van der Waals surface area contributed by atoms with Gasteiger partial charge in [-0.1, -0.05) is 28.1 Å². The third-order valence-corrected chi connectivity index (χ3v) is 3.55. The van der Waals surface area contributed by atoms with Crippen LogP contribution in [0.5, 0.6) is 11.5 Å². The van der Waals surface area contributed by atoms with Crippen LogP contribution in [-0.4, -0.2) is 25.3 Å². The molecule has 24 heavy (non-hydrogen) atoms. The second-order valence-corrected chi connectivity index (χ2v) is 6.16. The molecule has 0 saturated heterocycles. The first-order valence-electron chi connectivity index (χ1n) is 7.44. The van der Waals surface area contributed by atoms with E-state index >= 15 is 0 Å². The van der Waals surface area contributed by atoms with Crippen LogP contribution in [0.25, 0.3) is 0 Å². The van der Waals surface area contributed by atoms with Crippen molar-refractivity contribution < 1.29 is 14.3 Å². The predicted octanol–water partition coefficient (Wildman–Crippen LogP) is 4.01. The molecular formula is C18H19BrN2O3. The van der Waals surface area contributed by atoms with Gasteiger partial charge in [-0.25, -0.2) is 5.43 Å². The lowest BCUT2D eigenvalue weighted by Gasteiger charge is -2.11. The second kappa shape index (κ2) is 8.49.